The molecule has 1 aromatic carbocycles. The number of nitriles is 1. The number of rotatable bonds is 2. The highest BCUT2D eigenvalue weighted by Crippen LogP contribution is 2.04. The van der Waals surface area contributed by atoms with Crippen molar-refractivity contribution in [2.24, 2.45) is 0 Å². The van der Waals surface area contributed by atoms with Gasteiger partial charge in [-0.1, -0.05) is 6.08 Å². The number of carbonyl (C=O) groups excluding carboxylic acids is 1. The molecule has 0 atom stereocenters. The van der Waals surface area contributed by atoms with Gasteiger partial charge in [0.15, 0.2) is 5.78 Å². The van der Waals surface area contributed by atoms with E-state index in [9.17, 15) is 4.79 Å². The Morgan fingerprint density at radius 2 is 2.00 bits per heavy atom. The molecule has 13 heavy (non-hydrogen) atoms. The fourth-order valence-electron chi connectivity index (χ4n) is 0.957. The Morgan fingerprint density at radius 1 is 1.38 bits per heavy atom. The summed E-state index contributed by atoms with van der Waals surface area (Å²) in [4.78, 5) is 11.3. The van der Waals surface area contributed by atoms with E-state index in [1.54, 1.807) is 37.3 Å². The highest BCUT2D eigenvalue weighted by Gasteiger charge is 1.99. The largest absolute Gasteiger partial charge is 0.289 e. The molecule has 0 fully saturated rings. The number of nitrogens with zero attached hydrogens (tertiary/aromatic N) is 1. The molecule has 1 rings (SSSR count). The summed E-state index contributed by atoms with van der Waals surface area (Å²) in [6, 6.07) is 8.57. The minimum atomic E-state index is -0.0352. The Morgan fingerprint density at radius 3 is 2.46 bits per heavy atom. The monoisotopic (exact) mass is 171 g/mol. The lowest BCUT2D eigenvalue weighted by Gasteiger charge is -1.94. The molecule has 0 aromatic heterocycles. The van der Waals surface area contributed by atoms with Crippen molar-refractivity contribution < 1.29 is 4.79 Å². The number of hydrogen-bond acceptors (Lipinski definition) is 2. The van der Waals surface area contributed by atoms with Crippen molar-refractivity contribution in [2.45, 2.75) is 6.92 Å². The van der Waals surface area contributed by atoms with E-state index in [4.69, 9.17) is 5.26 Å². The van der Waals surface area contributed by atoms with Gasteiger partial charge in [-0.3, -0.25) is 4.79 Å². The van der Waals surface area contributed by atoms with Crippen LogP contribution in [0.3, 0.4) is 0 Å². The van der Waals surface area contributed by atoms with Gasteiger partial charge >= 0.3 is 0 Å². The van der Waals surface area contributed by atoms with Crippen LogP contribution in [0.25, 0.3) is 0 Å². The lowest BCUT2D eigenvalue weighted by Crippen LogP contribution is -1.93. The number of allylic oxidation sites excluding steroid dienone is 2. The zero-order chi connectivity index (χ0) is 9.68. The quantitative estimate of drug-likeness (QED) is 0.506. The normalized spacial score (nSPS) is 9.85. The zero-order valence-corrected chi connectivity index (χ0v) is 7.32. The number of carbonyl (C=O) groups is 1. The van der Waals surface area contributed by atoms with Gasteiger partial charge in [-0.05, 0) is 37.3 Å². The molecule has 64 valence electrons. The van der Waals surface area contributed by atoms with Gasteiger partial charge in [0, 0.05) is 5.56 Å². The predicted octanol–water partition coefficient (Wildman–Crippen LogP) is 2.32. The van der Waals surface area contributed by atoms with Crippen molar-refractivity contribution in [1.82, 2.24) is 0 Å². The van der Waals surface area contributed by atoms with Gasteiger partial charge in [-0.2, -0.15) is 5.26 Å². The molecular formula is C11H9NO. The standard InChI is InChI=1S/C11H9NO/c1-2-3-11(13)10-6-4-9(8-12)5-7-10/h2-7H,1H3. The van der Waals surface area contributed by atoms with E-state index < -0.39 is 0 Å². The van der Waals surface area contributed by atoms with Crippen LogP contribution in [0.5, 0.6) is 0 Å². The van der Waals surface area contributed by atoms with Crippen LogP contribution in [0.1, 0.15) is 22.8 Å². The molecule has 0 bridgehead atoms. The number of ketones is 1. The van der Waals surface area contributed by atoms with E-state index in [0.29, 0.717) is 11.1 Å². The van der Waals surface area contributed by atoms with Crippen LogP contribution >= 0.6 is 0 Å². The maximum atomic E-state index is 11.3. The van der Waals surface area contributed by atoms with Crippen LogP contribution in [-0.4, -0.2) is 5.78 Å². The van der Waals surface area contributed by atoms with Crippen molar-refractivity contribution in [3.8, 4) is 6.07 Å². The molecule has 0 aliphatic rings. The molecule has 0 saturated heterocycles. The Labute approximate surface area is 77.1 Å². The molecule has 0 amide bonds. The third kappa shape index (κ3) is 2.28. The number of hydrogen-bond donors (Lipinski definition) is 0. The minimum absolute atomic E-state index is 0.0352. The van der Waals surface area contributed by atoms with Gasteiger partial charge in [-0.25, -0.2) is 0 Å². The SMILES string of the molecule is CC=CC(=O)c1ccc(C#N)cc1. The molecule has 0 radical (unpaired) electrons. The van der Waals surface area contributed by atoms with Crippen LogP contribution in [-0.2, 0) is 0 Å². The summed E-state index contributed by atoms with van der Waals surface area (Å²) >= 11 is 0. The van der Waals surface area contributed by atoms with Gasteiger partial charge in [0.05, 0.1) is 11.6 Å². The van der Waals surface area contributed by atoms with E-state index in [1.807, 2.05) is 6.07 Å². The Bertz CT molecular complexity index is 368. The Kier molecular flexibility index (Phi) is 2.99. The van der Waals surface area contributed by atoms with Crippen molar-refractivity contribution in [3.63, 3.8) is 0 Å². The summed E-state index contributed by atoms with van der Waals surface area (Å²) in [6.45, 7) is 1.79. The van der Waals surface area contributed by atoms with E-state index in [1.165, 1.54) is 6.08 Å². The summed E-state index contributed by atoms with van der Waals surface area (Å²) in [5, 5.41) is 8.52. The van der Waals surface area contributed by atoms with Crippen LogP contribution < -0.4 is 0 Å². The summed E-state index contributed by atoms with van der Waals surface area (Å²) < 4.78 is 0. The number of benzene rings is 1. The molecule has 0 saturated carbocycles. The first kappa shape index (κ1) is 9.21. The molecule has 2 heteroatoms. The third-order valence-electron chi connectivity index (χ3n) is 1.62. The maximum Gasteiger partial charge on any atom is 0.185 e. The molecule has 1 aromatic rings. The second kappa shape index (κ2) is 4.22. The van der Waals surface area contributed by atoms with Crippen molar-refractivity contribution in [1.29, 1.82) is 5.26 Å². The van der Waals surface area contributed by atoms with Crippen LogP contribution in [0.4, 0.5) is 0 Å². The van der Waals surface area contributed by atoms with E-state index in [0.717, 1.165) is 0 Å². The lowest BCUT2D eigenvalue weighted by atomic mass is 10.1. The second-order valence-corrected chi connectivity index (χ2v) is 2.55. The predicted molar refractivity (Wildman–Crippen MR) is 50.3 cm³/mol. The highest BCUT2D eigenvalue weighted by atomic mass is 16.1. The fourth-order valence-corrected chi connectivity index (χ4v) is 0.957. The first-order chi connectivity index (χ1) is 6.27. The fraction of sp³-hybridized carbons (Fsp3) is 0.0909. The van der Waals surface area contributed by atoms with Crippen molar-refractivity contribution >= 4 is 5.78 Å². The Hall–Kier alpha value is -1.88. The van der Waals surface area contributed by atoms with Gasteiger partial charge in [0.1, 0.15) is 0 Å². The van der Waals surface area contributed by atoms with Crippen molar-refractivity contribution in [2.75, 3.05) is 0 Å². The average molecular weight is 171 g/mol. The van der Waals surface area contributed by atoms with Crippen LogP contribution in [0.15, 0.2) is 36.4 Å². The topological polar surface area (TPSA) is 40.9 Å². The first-order valence-electron chi connectivity index (χ1n) is 3.95. The summed E-state index contributed by atoms with van der Waals surface area (Å²) in [5.41, 5.74) is 1.18. The molecule has 0 N–H and O–H groups in total. The van der Waals surface area contributed by atoms with Gasteiger partial charge < -0.3 is 0 Å². The second-order valence-electron chi connectivity index (χ2n) is 2.55. The van der Waals surface area contributed by atoms with E-state index in [-0.39, 0.29) is 5.78 Å². The zero-order valence-electron chi connectivity index (χ0n) is 7.32. The summed E-state index contributed by atoms with van der Waals surface area (Å²) in [5.74, 6) is -0.0352. The first-order valence-corrected chi connectivity index (χ1v) is 3.95. The smallest absolute Gasteiger partial charge is 0.185 e. The van der Waals surface area contributed by atoms with E-state index >= 15 is 0 Å². The lowest BCUT2D eigenvalue weighted by molar-refractivity contribution is 0.104. The maximum absolute atomic E-state index is 11.3. The van der Waals surface area contributed by atoms with Gasteiger partial charge in [0.2, 0.25) is 0 Å². The third-order valence-corrected chi connectivity index (χ3v) is 1.62. The molecule has 2 nitrogen and oxygen atoms in total. The molecule has 0 spiro atoms. The summed E-state index contributed by atoms with van der Waals surface area (Å²) in [7, 11) is 0. The summed E-state index contributed by atoms with van der Waals surface area (Å²) in [6.07, 6.45) is 3.20. The molecule has 0 aliphatic heterocycles. The van der Waals surface area contributed by atoms with Gasteiger partial charge in [0.25, 0.3) is 0 Å². The van der Waals surface area contributed by atoms with Crippen LogP contribution in [0, 0.1) is 11.3 Å². The molecule has 0 heterocycles. The van der Waals surface area contributed by atoms with Gasteiger partial charge in [-0.15, -0.1) is 0 Å². The van der Waals surface area contributed by atoms with Crippen molar-refractivity contribution in [3.05, 3.63) is 47.5 Å². The average Bonchev–Trinajstić information content (AvgIpc) is 2.18. The minimum Gasteiger partial charge on any atom is -0.289 e. The van der Waals surface area contributed by atoms with Crippen LogP contribution in [0.2, 0.25) is 0 Å². The molecule has 0 aliphatic carbocycles. The van der Waals surface area contributed by atoms with E-state index in [2.05, 4.69) is 0 Å². The highest BCUT2D eigenvalue weighted by molar-refractivity contribution is 6.04. The molecule has 0 unspecified atom stereocenters. The molecular weight excluding hydrogens is 162 g/mol. The Balaban J connectivity index is 2.94.